The Hall–Kier alpha value is -3.93. The standard InChI is InChI=1S/C24H18N2O6/c25-11-13-6-8-15(9-7-13)24-19(14-4-2-1-3-5-14)18(22(29)30)21(28)23(24,31)20-17(32-24)10-16(27)12-26-20/h1-10,12,18-19,21,27-28,31H,(H,29,30)/t18-,19-,21-,23?,24+/m1/s1. The molecule has 0 amide bonds. The molecule has 1 unspecified atom stereocenters. The lowest BCUT2D eigenvalue weighted by atomic mass is 9.71. The molecule has 8 heteroatoms. The zero-order valence-electron chi connectivity index (χ0n) is 16.6. The number of carboxylic acids is 1. The van der Waals surface area contributed by atoms with Gasteiger partial charge in [-0.3, -0.25) is 9.78 Å². The number of carboxylic acid groups (broad SMARTS) is 1. The number of nitriles is 1. The molecular weight excluding hydrogens is 412 g/mol. The zero-order valence-corrected chi connectivity index (χ0v) is 16.6. The average molecular weight is 430 g/mol. The Balaban J connectivity index is 1.86. The van der Waals surface area contributed by atoms with Crippen LogP contribution >= 0.6 is 0 Å². The van der Waals surface area contributed by atoms with Crippen LogP contribution in [0.25, 0.3) is 0 Å². The number of ether oxygens (including phenoxy) is 1. The minimum absolute atomic E-state index is 0.0423. The van der Waals surface area contributed by atoms with Crippen molar-refractivity contribution >= 4 is 5.97 Å². The van der Waals surface area contributed by atoms with E-state index in [9.17, 15) is 30.5 Å². The van der Waals surface area contributed by atoms with Crippen LogP contribution in [0.4, 0.5) is 0 Å². The third kappa shape index (κ3) is 2.37. The second-order valence-corrected chi connectivity index (χ2v) is 8.03. The molecule has 5 atom stereocenters. The van der Waals surface area contributed by atoms with E-state index < -0.39 is 35.1 Å². The monoisotopic (exact) mass is 430 g/mol. The van der Waals surface area contributed by atoms with E-state index in [-0.39, 0.29) is 17.2 Å². The molecule has 3 aromatic rings. The number of nitrogens with zero attached hydrogens (tertiary/aromatic N) is 2. The first-order valence-electron chi connectivity index (χ1n) is 9.92. The molecule has 5 rings (SSSR count). The van der Waals surface area contributed by atoms with Crippen molar-refractivity contribution in [3.05, 3.63) is 89.2 Å². The molecule has 2 aliphatic rings. The van der Waals surface area contributed by atoms with E-state index in [1.54, 1.807) is 42.5 Å². The first kappa shape index (κ1) is 20.0. The second-order valence-electron chi connectivity index (χ2n) is 8.03. The highest BCUT2D eigenvalue weighted by Gasteiger charge is 2.78. The van der Waals surface area contributed by atoms with Gasteiger partial charge in [-0.2, -0.15) is 5.26 Å². The molecule has 1 saturated carbocycles. The Morgan fingerprint density at radius 3 is 2.44 bits per heavy atom. The Morgan fingerprint density at radius 2 is 1.81 bits per heavy atom. The number of aromatic hydroxyl groups is 1. The predicted octanol–water partition coefficient (Wildman–Crippen LogP) is 1.99. The van der Waals surface area contributed by atoms with E-state index in [1.165, 1.54) is 18.2 Å². The van der Waals surface area contributed by atoms with Crippen LogP contribution in [-0.2, 0) is 16.0 Å². The number of carbonyl (C=O) groups is 1. The summed E-state index contributed by atoms with van der Waals surface area (Å²) in [5.41, 5.74) is -2.81. The van der Waals surface area contributed by atoms with E-state index in [4.69, 9.17) is 4.74 Å². The molecule has 2 heterocycles. The molecule has 0 radical (unpaired) electrons. The second kappa shape index (κ2) is 6.79. The van der Waals surface area contributed by atoms with Crippen molar-refractivity contribution in [1.29, 1.82) is 5.26 Å². The summed E-state index contributed by atoms with van der Waals surface area (Å²) in [6.45, 7) is 0. The molecule has 0 bridgehead atoms. The van der Waals surface area contributed by atoms with Gasteiger partial charge in [-0.05, 0) is 23.3 Å². The highest BCUT2D eigenvalue weighted by atomic mass is 16.5. The summed E-state index contributed by atoms with van der Waals surface area (Å²) in [6.07, 6.45) is -0.674. The van der Waals surface area contributed by atoms with Gasteiger partial charge >= 0.3 is 5.97 Å². The average Bonchev–Trinajstić information content (AvgIpc) is 3.17. The summed E-state index contributed by atoms with van der Waals surface area (Å²) in [5, 5.41) is 52.6. The zero-order chi connectivity index (χ0) is 22.7. The number of rotatable bonds is 3. The normalized spacial score (nSPS) is 30.1. The Labute approximate surface area is 182 Å². The van der Waals surface area contributed by atoms with Crippen LogP contribution in [0.1, 0.15) is 28.3 Å². The van der Waals surface area contributed by atoms with E-state index in [0.717, 1.165) is 6.20 Å². The van der Waals surface area contributed by atoms with Gasteiger partial charge in [0.1, 0.15) is 23.3 Å². The lowest BCUT2D eigenvalue weighted by Gasteiger charge is -2.40. The SMILES string of the molecule is N#Cc1ccc([C@@]23Oc4cc(O)cnc4C2(O)[C@H](O)[C@H](C(=O)O)[C@H]3c2ccccc2)cc1. The highest BCUT2D eigenvalue weighted by Crippen LogP contribution is 2.68. The van der Waals surface area contributed by atoms with Crippen molar-refractivity contribution in [2.24, 2.45) is 5.92 Å². The summed E-state index contributed by atoms with van der Waals surface area (Å²) >= 11 is 0. The number of pyridine rings is 1. The van der Waals surface area contributed by atoms with Crippen molar-refractivity contribution in [2.45, 2.75) is 23.2 Å². The lowest BCUT2D eigenvalue weighted by molar-refractivity contribution is -0.160. The molecule has 2 aromatic carbocycles. The van der Waals surface area contributed by atoms with Gasteiger partial charge in [-0.1, -0.05) is 42.5 Å². The fourth-order valence-corrected chi connectivity index (χ4v) is 5.21. The maximum Gasteiger partial charge on any atom is 0.310 e. The van der Waals surface area contributed by atoms with E-state index in [0.29, 0.717) is 16.7 Å². The van der Waals surface area contributed by atoms with Crippen molar-refractivity contribution in [3.63, 3.8) is 0 Å². The molecular formula is C24H18N2O6. The van der Waals surface area contributed by atoms with Crippen molar-refractivity contribution in [1.82, 2.24) is 4.98 Å². The van der Waals surface area contributed by atoms with Crippen LogP contribution < -0.4 is 4.74 Å². The van der Waals surface area contributed by atoms with Crippen molar-refractivity contribution < 1.29 is 30.0 Å². The summed E-state index contributed by atoms with van der Waals surface area (Å²) in [4.78, 5) is 16.5. The lowest BCUT2D eigenvalue weighted by Crippen LogP contribution is -2.52. The van der Waals surface area contributed by atoms with E-state index in [1.807, 2.05) is 6.07 Å². The molecule has 0 saturated heterocycles. The number of aliphatic carboxylic acids is 1. The molecule has 0 spiro atoms. The molecule has 32 heavy (non-hydrogen) atoms. The van der Waals surface area contributed by atoms with Gasteiger partial charge in [0.15, 0.2) is 11.2 Å². The summed E-state index contributed by atoms with van der Waals surface area (Å²) < 4.78 is 6.30. The number of benzene rings is 2. The minimum Gasteiger partial charge on any atom is -0.506 e. The highest BCUT2D eigenvalue weighted by molar-refractivity contribution is 5.76. The fraction of sp³-hybridized carbons (Fsp3) is 0.208. The van der Waals surface area contributed by atoms with Gasteiger partial charge in [0, 0.05) is 12.0 Å². The van der Waals surface area contributed by atoms with Crippen LogP contribution in [0, 0.1) is 17.2 Å². The van der Waals surface area contributed by atoms with Gasteiger partial charge in [0.05, 0.1) is 23.7 Å². The summed E-state index contributed by atoms with van der Waals surface area (Å²) in [6, 6.07) is 18.2. The third-order valence-corrected chi connectivity index (χ3v) is 6.49. The van der Waals surface area contributed by atoms with Gasteiger partial charge < -0.3 is 25.2 Å². The molecule has 1 aliphatic heterocycles. The van der Waals surface area contributed by atoms with Crippen molar-refractivity contribution in [3.8, 4) is 17.6 Å². The quantitative estimate of drug-likeness (QED) is 0.494. The number of aliphatic hydroxyl groups excluding tert-OH is 1. The summed E-state index contributed by atoms with van der Waals surface area (Å²) in [5.74, 6) is -3.91. The topological polar surface area (TPSA) is 144 Å². The maximum absolute atomic E-state index is 12.4. The van der Waals surface area contributed by atoms with Crippen molar-refractivity contribution in [2.75, 3.05) is 0 Å². The number of aromatic nitrogens is 1. The van der Waals surface area contributed by atoms with Crippen LogP contribution in [0.15, 0.2) is 66.9 Å². The van der Waals surface area contributed by atoms with Gasteiger partial charge in [-0.25, -0.2) is 0 Å². The fourth-order valence-electron chi connectivity index (χ4n) is 5.21. The van der Waals surface area contributed by atoms with E-state index >= 15 is 0 Å². The third-order valence-electron chi connectivity index (χ3n) is 6.49. The number of hydrogen-bond acceptors (Lipinski definition) is 7. The van der Waals surface area contributed by atoms with E-state index in [2.05, 4.69) is 4.98 Å². The number of hydrogen-bond donors (Lipinski definition) is 4. The van der Waals surface area contributed by atoms with Gasteiger partial charge in [0.2, 0.25) is 0 Å². The minimum atomic E-state index is -2.24. The van der Waals surface area contributed by atoms with Gasteiger partial charge in [-0.15, -0.1) is 0 Å². The predicted molar refractivity (Wildman–Crippen MR) is 110 cm³/mol. The Kier molecular flexibility index (Phi) is 4.24. The van der Waals surface area contributed by atoms with Crippen LogP contribution in [0.3, 0.4) is 0 Å². The molecule has 4 N–H and O–H groups in total. The molecule has 160 valence electrons. The first-order chi connectivity index (χ1) is 15.3. The molecule has 1 aliphatic carbocycles. The number of fused-ring (bicyclic) bond motifs is 3. The van der Waals surface area contributed by atoms with Crippen LogP contribution in [0.2, 0.25) is 0 Å². The number of aliphatic hydroxyl groups is 2. The maximum atomic E-state index is 12.4. The molecule has 8 nitrogen and oxygen atoms in total. The van der Waals surface area contributed by atoms with Gasteiger partial charge in [0.25, 0.3) is 0 Å². The largest absolute Gasteiger partial charge is 0.506 e. The Bertz CT molecular complexity index is 1260. The summed E-state index contributed by atoms with van der Waals surface area (Å²) in [7, 11) is 0. The molecule has 1 aromatic heterocycles. The Morgan fingerprint density at radius 1 is 1.12 bits per heavy atom. The van der Waals surface area contributed by atoms with Crippen LogP contribution in [-0.4, -0.2) is 37.5 Å². The first-order valence-corrected chi connectivity index (χ1v) is 9.92. The molecule has 1 fully saturated rings. The van der Waals surface area contributed by atoms with Crippen LogP contribution in [0.5, 0.6) is 11.5 Å². The smallest absolute Gasteiger partial charge is 0.310 e.